The molecular weight excluding hydrogens is 233 g/mol. The van der Waals surface area contributed by atoms with E-state index in [-0.39, 0.29) is 0 Å². The zero-order valence-electron chi connectivity index (χ0n) is 5.58. The fourth-order valence-electron chi connectivity index (χ4n) is 0.742. The summed E-state index contributed by atoms with van der Waals surface area (Å²) < 4.78 is 12.5. The van der Waals surface area contributed by atoms with Gasteiger partial charge in [0, 0.05) is 0 Å². The fraction of sp³-hybridized carbons (Fsp3) is 0.143. The molecule has 0 saturated heterocycles. The summed E-state index contributed by atoms with van der Waals surface area (Å²) in [4.78, 5) is 0. The summed E-state index contributed by atoms with van der Waals surface area (Å²) in [6.45, 7) is 0. The van der Waals surface area contributed by atoms with Crippen molar-refractivity contribution in [1.82, 2.24) is 0 Å². The molecule has 0 saturated carbocycles. The van der Waals surface area contributed by atoms with E-state index < -0.39 is 19.7 Å². The van der Waals surface area contributed by atoms with Gasteiger partial charge < -0.3 is 0 Å². The first-order valence-corrected chi connectivity index (χ1v) is 7.74. The molecule has 2 nitrogen and oxygen atoms in total. The second kappa shape index (κ2) is 3.83. The molecule has 0 amide bonds. The SMILES string of the molecule is N[CH2][Sn](=[O])[c]1ccccc1. The van der Waals surface area contributed by atoms with E-state index >= 15 is 0 Å². The fourth-order valence-corrected chi connectivity index (χ4v) is 3.02. The Morgan fingerprint density at radius 1 is 1.30 bits per heavy atom. The van der Waals surface area contributed by atoms with Gasteiger partial charge in [0.1, 0.15) is 0 Å². The van der Waals surface area contributed by atoms with E-state index in [2.05, 4.69) is 0 Å². The van der Waals surface area contributed by atoms with Crippen molar-refractivity contribution in [3.8, 4) is 0 Å². The molecule has 3 heteroatoms. The second-order valence-corrected chi connectivity index (χ2v) is 7.22. The van der Waals surface area contributed by atoms with Crippen molar-refractivity contribution < 1.29 is 3.08 Å². The van der Waals surface area contributed by atoms with Crippen LogP contribution in [-0.4, -0.2) is 24.3 Å². The van der Waals surface area contributed by atoms with Crippen molar-refractivity contribution >= 4 is 23.3 Å². The monoisotopic (exact) mass is 243 g/mol. The molecule has 0 aliphatic heterocycles. The molecule has 0 aliphatic carbocycles. The van der Waals surface area contributed by atoms with E-state index in [1.165, 1.54) is 0 Å². The van der Waals surface area contributed by atoms with Gasteiger partial charge in [-0.2, -0.15) is 0 Å². The average Bonchev–Trinajstić information content (AvgIpc) is 2.05. The Kier molecular flexibility index (Phi) is 3.02. The average molecular weight is 242 g/mol. The summed E-state index contributed by atoms with van der Waals surface area (Å²) in [5.74, 6) is 0. The zero-order valence-corrected chi connectivity index (χ0v) is 8.43. The maximum atomic E-state index is 11.2. The van der Waals surface area contributed by atoms with Crippen molar-refractivity contribution in [1.29, 1.82) is 0 Å². The normalized spacial score (nSPS) is 9.30. The first kappa shape index (κ1) is 7.88. The van der Waals surface area contributed by atoms with Gasteiger partial charge in [-0.05, 0) is 0 Å². The van der Waals surface area contributed by atoms with Crippen LogP contribution >= 0.6 is 0 Å². The van der Waals surface area contributed by atoms with E-state index in [1.807, 2.05) is 30.3 Å². The number of hydrogen-bond donors (Lipinski definition) is 1. The molecule has 0 fully saturated rings. The molecule has 1 aromatic carbocycles. The number of rotatable bonds is 2. The van der Waals surface area contributed by atoms with Crippen LogP contribution in [0.2, 0.25) is 0 Å². The van der Waals surface area contributed by atoms with Crippen LogP contribution in [0.5, 0.6) is 0 Å². The third kappa shape index (κ3) is 1.88. The van der Waals surface area contributed by atoms with E-state index in [0.29, 0.717) is 4.56 Å². The van der Waals surface area contributed by atoms with Crippen molar-refractivity contribution in [2.75, 3.05) is 4.56 Å². The molecule has 52 valence electrons. The molecular formula is C7H9NOSn. The Bertz CT molecular complexity index is 222. The Morgan fingerprint density at radius 3 is 2.40 bits per heavy atom. The molecule has 0 radical (unpaired) electrons. The van der Waals surface area contributed by atoms with Crippen LogP contribution in [0, 0.1) is 0 Å². The number of hydrogen-bond acceptors (Lipinski definition) is 2. The van der Waals surface area contributed by atoms with Gasteiger partial charge in [-0.3, -0.25) is 0 Å². The number of benzene rings is 1. The van der Waals surface area contributed by atoms with Gasteiger partial charge >= 0.3 is 67.0 Å². The van der Waals surface area contributed by atoms with Crippen LogP contribution in [0.1, 0.15) is 0 Å². The van der Waals surface area contributed by atoms with Crippen LogP contribution in [0.15, 0.2) is 30.3 Å². The summed E-state index contributed by atoms with van der Waals surface area (Å²) in [6, 6.07) is 9.46. The predicted octanol–water partition coefficient (Wildman–Crippen LogP) is -0.187. The molecule has 0 bridgehead atoms. The van der Waals surface area contributed by atoms with Crippen LogP contribution in [0.3, 0.4) is 0 Å². The first-order chi connectivity index (χ1) is 4.84. The van der Waals surface area contributed by atoms with E-state index in [9.17, 15) is 3.08 Å². The van der Waals surface area contributed by atoms with Gasteiger partial charge in [-0.15, -0.1) is 0 Å². The Balaban J connectivity index is 2.85. The molecule has 0 aromatic heterocycles. The number of nitrogens with two attached hydrogens (primary N) is 1. The summed E-state index contributed by atoms with van der Waals surface area (Å²) in [6.07, 6.45) is 0. The molecule has 1 aromatic rings. The molecule has 1 rings (SSSR count). The summed E-state index contributed by atoms with van der Waals surface area (Å²) in [7, 11) is 0. The van der Waals surface area contributed by atoms with E-state index in [1.54, 1.807) is 0 Å². The second-order valence-electron chi connectivity index (χ2n) is 1.99. The van der Waals surface area contributed by atoms with Crippen molar-refractivity contribution in [2.45, 2.75) is 0 Å². The molecule has 0 spiro atoms. The Morgan fingerprint density at radius 2 is 1.90 bits per heavy atom. The van der Waals surface area contributed by atoms with Crippen LogP contribution < -0.4 is 9.31 Å². The summed E-state index contributed by atoms with van der Waals surface area (Å²) in [5.41, 5.74) is 5.28. The quantitative estimate of drug-likeness (QED) is 0.730. The molecule has 0 heterocycles. The molecule has 10 heavy (non-hydrogen) atoms. The maximum absolute atomic E-state index is 11.2. The van der Waals surface area contributed by atoms with Crippen LogP contribution in [0.25, 0.3) is 0 Å². The van der Waals surface area contributed by atoms with Crippen LogP contribution in [-0.2, 0) is 3.08 Å². The van der Waals surface area contributed by atoms with E-state index in [4.69, 9.17) is 5.73 Å². The van der Waals surface area contributed by atoms with Gasteiger partial charge in [-0.25, -0.2) is 0 Å². The molecule has 0 aliphatic rings. The third-order valence-corrected chi connectivity index (χ3v) is 5.13. The standard InChI is InChI=1S/C6H5.CH4N.O.Sn/c1-2-4-6-5-3-1;1-2;;/h1-5H;1-2H2;;. The summed E-state index contributed by atoms with van der Waals surface area (Å²) in [5, 5.41) is 0. The van der Waals surface area contributed by atoms with Crippen molar-refractivity contribution in [3.63, 3.8) is 0 Å². The topological polar surface area (TPSA) is 43.1 Å². The zero-order chi connectivity index (χ0) is 7.40. The van der Waals surface area contributed by atoms with Gasteiger partial charge in [-0.1, -0.05) is 0 Å². The molecule has 0 atom stereocenters. The van der Waals surface area contributed by atoms with Gasteiger partial charge in [0.05, 0.1) is 0 Å². The van der Waals surface area contributed by atoms with Gasteiger partial charge in [0.2, 0.25) is 0 Å². The third-order valence-electron chi connectivity index (χ3n) is 1.28. The van der Waals surface area contributed by atoms with Crippen molar-refractivity contribution in [2.24, 2.45) is 5.73 Å². The predicted molar refractivity (Wildman–Crippen MR) is 41.6 cm³/mol. The van der Waals surface area contributed by atoms with Crippen LogP contribution in [0.4, 0.5) is 0 Å². The van der Waals surface area contributed by atoms with Gasteiger partial charge in [0.25, 0.3) is 0 Å². The van der Waals surface area contributed by atoms with E-state index in [0.717, 1.165) is 3.58 Å². The molecule has 0 unspecified atom stereocenters. The minimum atomic E-state index is -2.53. The van der Waals surface area contributed by atoms with Gasteiger partial charge in [0.15, 0.2) is 0 Å². The van der Waals surface area contributed by atoms with Crippen molar-refractivity contribution in [3.05, 3.63) is 30.3 Å². The first-order valence-electron chi connectivity index (χ1n) is 3.13. The Labute approximate surface area is 67.2 Å². The molecule has 2 N–H and O–H groups in total. The Hall–Kier alpha value is -0.221. The summed E-state index contributed by atoms with van der Waals surface area (Å²) >= 11 is -2.53. The minimum absolute atomic E-state index is 0.367.